The fraction of sp³-hybridized carbons (Fsp3) is 0.800. The number of nitrogens with one attached hydrogen (secondary N) is 1. The van der Waals surface area contributed by atoms with Crippen molar-refractivity contribution in [2.75, 3.05) is 13.7 Å². The van der Waals surface area contributed by atoms with Crippen molar-refractivity contribution in [3.8, 4) is 0 Å². The Bertz CT molecular complexity index is 214. The number of hydrogen-bond donors (Lipinski definition) is 2. The molecule has 1 atom stereocenters. The summed E-state index contributed by atoms with van der Waals surface area (Å²) >= 11 is 0. The first-order valence-electron chi connectivity index (χ1n) is 4.93. The van der Waals surface area contributed by atoms with Gasteiger partial charge in [-0.05, 0) is 32.3 Å². The normalized spacial score (nSPS) is 19.9. The van der Waals surface area contributed by atoms with Crippen LogP contribution >= 0.6 is 0 Å². The van der Waals surface area contributed by atoms with Gasteiger partial charge in [0, 0.05) is 7.11 Å². The van der Waals surface area contributed by atoms with Gasteiger partial charge in [-0.1, -0.05) is 0 Å². The lowest BCUT2D eigenvalue weighted by molar-refractivity contribution is -0.00295. The summed E-state index contributed by atoms with van der Waals surface area (Å²) < 4.78 is 10.7. The molecule has 82 valence electrons. The van der Waals surface area contributed by atoms with Gasteiger partial charge in [0.2, 0.25) is 0 Å². The molecule has 0 bridgehead atoms. The van der Waals surface area contributed by atoms with Gasteiger partial charge in [0.1, 0.15) is 0 Å². The number of nitrogens with two attached hydrogens (primary N) is 1. The van der Waals surface area contributed by atoms with Crippen molar-refractivity contribution in [3.05, 3.63) is 11.8 Å². The highest BCUT2D eigenvalue weighted by atomic mass is 16.5. The van der Waals surface area contributed by atoms with Gasteiger partial charge in [-0.15, -0.1) is 0 Å². The Kier molecular flexibility index (Phi) is 3.92. The largest absolute Gasteiger partial charge is 0.501 e. The van der Waals surface area contributed by atoms with E-state index in [1.165, 1.54) is 5.57 Å². The Morgan fingerprint density at radius 3 is 2.79 bits per heavy atom. The maximum Gasteiger partial charge on any atom is 0.0876 e. The monoisotopic (exact) mass is 200 g/mol. The van der Waals surface area contributed by atoms with Gasteiger partial charge in [0.15, 0.2) is 0 Å². The first kappa shape index (κ1) is 11.5. The first-order valence-corrected chi connectivity index (χ1v) is 4.93. The molecule has 0 aliphatic carbocycles. The Balaban J connectivity index is 2.74. The minimum absolute atomic E-state index is 0.00722. The summed E-state index contributed by atoms with van der Waals surface area (Å²) in [4.78, 5) is 0. The maximum atomic E-state index is 5.54. The summed E-state index contributed by atoms with van der Waals surface area (Å²) in [7, 11) is 1.69. The van der Waals surface area contributed by atoms with Gasteiger partial charge in [-0.3, -0.25) is 11.3 Å². The second-order valence-corrected chi connectivity index (χ2v) is 4.07. The molecule has 1 aliphatic rings. The van der Waals surface area contributed by atoms with E-state index in [1.807, 2.05) is 13.8 Å². The topological polar surface area (TPSA) is 56.5 Å². The van der Waals surface area contributed by atoms with Crippen LogP contribution in [0.15, 0.2) is 11.8 Å². The van der Waals surface area contributed by atoms with E-state index in [0.717, 1.165) is 19.4 Å². The smallest absolute Gasteiger partial charge is 0.0876 e. The van der Waals surface area contributed by atoms with E-state index >= 15 is 0 Å². The molecule has 1 heterocycles. The van der Waals surface area contributed by atoms with E-state index in [1.54, 1.807) is 13.4 Å². The van der Waals surface area contributed by atoms with E-state index in [2.05, 4.69) is 5.43 Å². The van der Waals surface area contributed by atoms with Crippen LogP contribution in [-0.4, -0.2) is 25.4 Å². The maximum absolute atomic E-state index is 5.54. The van der Waals surface area contributed by atoms with E-state index in [-0.39, 0.29) is 11.6 Å². The standard InChI is InChI=1S/C10H20N2O2/c1-10(2,13-3)9(12-11)8-5-4-6-14-7-8/h7,9,12H,4-6,11H2,1-3H3. The summed E-state index contributed by atoms with van der Waals surface area (Å²) in [5, 5.41) is 0. The van der Waals surface area contributed by atoms with E-state index in [0.29, 0.717) is 0 Å². The van der Waals surface area contributed by atoms with Crippen LogP contribution in [0.3, 0.4) is 0 Å². The molecule has 1 aliphatic heterocycles. The molecule has 14 heavy (non-hydrogen) atoms. The molecule has 1 rings (SSSR count). The van der Waals surface area contributed by atoms with Gasteiger partial charge in [0.05, 0.1) is 24.5 Å². The Morgan fingerprint density at radius 1 is 1.64 bits per heavy atom. The second-order valence-electron chi connectivity index (χ2n) is 4.07. The van der Waals surface area contributed by atoms with Crippen LogP contribution in [0, 0.1) is 0 Å². The molecule has 0 radical (unpaired) electrons. The lowest BCUT2D eigenvalue weighted by Crippen LogP contribution is -2.52. The summed E-state index contributed by atoms with van der Waals surface area (Å²) in [5.74, 6) is 5.54. The number of rotatable bonds is 4. The van der Waals surface area contributed by atoms with Crippen LogP contribution < -0.4 is 11.3 Å². The summed E-state index contributed by atoms with van der Waals surface area (Å²) in [6.45, 7) is 4.81. The number of hydrogen-bond acceptors (Lipinski definition) is 4. The van der Waals surface area contributed by atoms with Gasteiger partial charge in [0.25, 0.3) is 0 Å². The third-order valence-corrected chi connectivity index (χ3v) is 2.72. The van der Waals surface area contributed by atoms with Crippen LogP contribution in [0.1, 0.15) is 26.7 Å². The Morgan fingerprint density at radius 2 is 2.36 bits per heavy atom. The van der Waals surface area contributed by atoms with Gasteiger partial charge < -0.3 is 9.47 Å². The van der Waals surface area contributed by atoms with E-state index in [9.17, 15) is 0 Å². The first-order chi connectivity index (χ1) is 6.61. The minimum Gasteiger partial charge on any atom is -0.501 e. The molecule has 0 saturated carbocycles. The van der Waals surface area contributed by atoms with Crippen molar-refractivity contribution in [2.24, 2.45) is 5.84 Å². The molecule has 0 aromatic heterocycles. The van der Waals surface area contributed by atoms with Crippen molar-refractivity contribution in [1.29, 1.82) is 0 Å². The number of ether oxygens (including phenoxy) is 2. The SMILES string of the molecule is COC(C)(C)C(NN)C1=COCCC1. The molecule has 0 aromatic carbocycles. The van der Waals surface area contributed by atoms with Gasteiger partial charge >= 0.3 is 0 Å². The predicted octanol–water partition coefficient (Wildman–Crippen LogP) is 0.938. The van der Waals surface area contributed by atoms with Crippen LogP contribution in [0.4, 0.5) is 0 Å². The zero-order valence-corrected chi connectivity index (χ0v) is 9.17. The van der Waals surface area contributed by atoms with E-state index < -0.39 is 0 Å². The zero-order valence-electron chi connectivity index (χ0n) is 9.17. The predicted molar refractivity (Wildman–Crippen MR) is 55.5 cm³/mol. The summed E-state index contributed by atoms with van der Waals surface area (Å²) in [5.41, 5.74) is 3.64. The van der Waals surface area contributed by atoms with Crippen LogP contribution in [0.2, 0.25) is 0 Å². The van der Waals surface area contributed by atoms with Crippen molar-refractivity contribution in [2.45, 2.75) is 38.3 Å². The average molecular weight is 200 g/mol. The van der Waals surface area contributed by atoms with Crippen LogP contribution in [0.5, 0.6) is 0 Å². The fourth-order valence-electron chi connectivity index (χ4n) is 1.67. The van der Waals surface area contributed by atoms with Crippen molar-refractivity contribution >= 4 is 0 Å². The lowest BCUT2D eigenvalue weighted by atomic mass is 9.89. The molecule has 0 amide bonds. The van der Waals surface area contributed by atoms with Crippen molar-refractivity contribution in [3.63, 3.8) is 0 Å². The molecule has 0 aromatic rings. The Labute approximate surface area is 85.4 Å². The average Bonchev–Trinajstić information content (AvgIpc) is 2.20. The highest BCUT2D eigenvalue weighted by Crippen LogP contribution is 2.25. The Hall–Kier alpha value is -0.580. The van der Waals surface area contributed by atoms with Gasteiger partial charge in [-0.25, -0.2) is 0 Å². The van der Waals surface area contributed by atoms with Gasteiger partial charge in [-0.2, -0.15) is 0 Å². The van der Waals surface area contributed by atoms with Crippen LogP contribution in [0.25, 0.3) is 0 Å². The fourth-order valence-corrected chi connectivity index (χ4v) is 1.67. The quantitative estimate of drug-likeness (QED) is 0.524. The zero-order chi connectivity index (χ0) is 10.6. The third kappa shape index (κ3) is 2.47. The molecule has 0 fully saturated rings. The van der Waals surface area contributed by atoms with Crippen LogP contribution in [-0.2, 0) is 9.47 Å². The third-order valence-electron chi connectivity index (χ3n) is 2.72. The molecule has 4 heteroatoms. The molecule has 3 N–H and O–H groups in total. The highest BCUT2D eigenvalue weighted by Gasteiger charge is 2.32. The second kappa shape index (κ2) is 4.77. The number of hydrazine groups is 1. The van der Waals surface area contributed by atoms with E-state index in [4.69, 9.17) is 15.3 Å². The van der Waals surface area contributed by atoms with Crippen molar-refractivity contribution < 1.29 is 9.47 Å². The molecule has 0 spiro atoms. The number of methoxy groups -OCH3 is 1. The summed E-state index contributed by atoms with van der Waals surface area (Å²) in [6, 6.07) is 0.00722. The minimum atomic E-state index is -0.318. The molecular weight excluding hydrogens is 180 g/mol. The molecule has 0 saturated heterocycles. The summed E-state index contributed by atoms with van der Waals surface area (Å²) in [6.07, 6.45) is 3.86. The molecule has 1 unspecified atom stereocenters. The van der Waals surface area contributed by atoms with Crippen molar-refractivity contribution in [1.82, 2.24) is 5.43 Å². The highest BCUT2D eigenvalue weighted by molar-refractivity contribution is 5.15. The molecular formula is C10H20N2O2. The molecule has 4 nitrogen and oxygen atoms in total. The lowest BCUT2D eigenvalue weighted by Gasteiger charge is -2.35.